The van der Waals surface area contributed by atoms with Crippen LogP contribution in [0.15, 0.2) is 0 Å². The molecule has 0 rings (SSSR count). The molecular formula is C18H42NO10P3. The van der Waals surface area contributed by atoms with Gasteiger partial charge in [-0.2, -0.15) is 0 Å². The first kappa shape index (κ1) is 32.5. The van der Waals surface area contributed by atoms with Crippen LogP contribution in [-0.4, -0.2) is 97.2 Å². The molecule has 0 saturated heterocycles. The van der Waals surface area contributed by atoms with E-state index in [2.05, 4.69) is 32.4 Å². The number of rotatable bonds is 21. The summed E-state index contributed by atoms with van der Waals surface area (Å²) >= 11 is 0. The summed E-state index contributed by atoms with van der Waals surface area (Å²) < 4.78 is 68.6. The highest BCUT2D eigenvalue weighted by atomic mass is 31.2. The fourth-order valence-corrected chi connectivity index (χ4v) is 5.85. The van der Waals surface area contributed by atoms with Crippen molar-refractivity contribution in [1.29, 1.82) is 0 Å². The Morgan fingerprint density at radius 1 is 0.625 bits per heavy atom. The van der Waals surface area contributed by atoms with Gasteiger partial charge in [-0.15, -0.1) is 0 Å². The third-order valence-electron chi connectivity index (χ3n) is 4.24. The van der Waals surface area contributed by atoms with Gasteiger partial charge in [0.15, 0.2) is 0 Å². The van der Waals surface area contributed by atoms with Gasteiger partial charge in [-0.3, -0.25) is 9.13 Å². The molecule has 0 unspecified atom stereocenters. The zero-order valence-corrected chi connectivity index (χ0v) is 23.4. The SMILES string of the molecule is COP(=O)(CCOCCOP(OCCOCCP(=O)(OC)OC)N(C(C)C)C(C)C)OC. The van der Waals surface area contributed by atoms with Crippen LogP contribution in [0.3, 0.4) is 0 Å². The summed E-state index contributed by atoms with van der Waals surface area (Å²) in [6.45, 7) is 10.1. The van der Waals surface area contributed by atoms with Gasteiger partial charge in [-0.1, -0.05) is 0 Å². The number of ether oxygens (including phenoxy) is 2. The highest BCUT2D eigenvalue weighted by Gasteiger charge is 2.27. The predicted molar refractivity (Wildman–Crippen MR) is 126 cm³/mol. The van der Waals surface area contributed by atoms with E-state index >= 15 is 0 Å². The predicted octanol–water partition coefficient (Wildman–Crippen LogP) is 4.37. The Kier molecular flexibility index (Phi) is 18.2. The lowest BCUT2D eigenvalue weighted by atomic mass is 10.3. The normalized spacial score (nSPS) is 13.2. The van der Waals surface area contributed by atoms with Crippen molar-refractivity contribution in [1.82, 2.24) is 4.67 Å². The van der Waals surface area contributed by atoms with E-state index in [0.29, 0.717) is 26.4 Å². The molecule has 0 N–H and O–H groups in total. The van der Waals surface area contributed by atoms with Crippen LogP contribution in [-0.2, 0) is 45.7 Å². The third kappa shape index (κ3) is 13.4. The third-order valence-corrected chi connectivity index (χ3v) is 10.0. The molecule has 0 heterocycles. The number of hydrogen-bond acceptors (Lipinski definition) is 11. The molecule has 0 atom stereocenters. The van der Waals surface area contributed by atoms with E-state index in [1.165, 1.54) is 28.4 Å². The first-order valence-electron chi connectivity index (χ1n) is 10.5. The van der Waals surface area contributed by atoms with Crippen molar-refractivity contribution in [2.24, 2.45) is 0 Å². The average Bonchev–Trinajstić information content (AvgIpc) is 2.77. The van der Waals surface area contributed by atoms with Crippen molar-refractivity contribution in [3.05, 3.63) is 0 Å². The van der Waals surface area contributed by atoms with Gasteiger partial charge in [0, 0.05) is 40.5 Å². The Balaban J connectivity index is 4.47. The van der Waals surface area contributed by atoms with Crippen LogP contribution in [0.1, 0.15) is 27.7 Å². The minimum absolute atomic E-state index is 0.172. The quantitative estimate of drug-likeness (QED) is 0.157. The second kappa shape index (κ2) is 17.9. The Hall–Kier alpha value is 0.530. The lowest BCUT2D eigenvalue weighted by Gasteiger charge is -2.35. The molecule has 14 heteroatoms. The van der Waals surface area contributed by atoms with Gasteiger partial charge in [0.25, 0.3) is 8.53 Å². The second-order valence-corrected chi connectivity index (χ2v) is 13.3. The minimum atomic E-state index is -3.07. The van der Waals surface area contributed by atoms with Crippen LogP contribution in [0.4, 0.5) is 0 Å². The van der Waals surface area contributed by atoms with E-state index < -0.39 is 23.7 Å². The van der Waals surface area contributed by atoms with Gasteiger partial charge in [0.05, 0.1) is 52.0 Å². The summed E-state index contributed by atoms with van der Waals surface area (Å²) in [4.78, 5) is 0. The second-order valence-electron chi connectivity index (χ2n) is 7.10. The van der Waals surface area contributed by atoms with Crippen LogP contribution < -0.4 is 0 Å². The van der Waals surface area contributed by atoms with Crippen molar-refractivity contribution in [3.8, 4) is 0 Å². The van der Waals surface area contributed by atoms with Gasteiger partial charge < -0.3 is 36.6 Å². The Morgan fingerprint density at radius 3 is 1.25 bits per heavy atom. The fourth-order valence-electron chi connectivity index (χ4n) is 2.56. The van der Waals surface area contributed by atoms with E-state index in [0.717, 1.165) is 0 Å². The van der Waals surface area contributed by atoms with Gasteiger partial charge in [-0.05, 0) is 27.7 Å². The summed E-state index contributed by atoms with van der Waals surface area (Å²) in [7, 11) is -2.08. The molecule has 11 nitrogen and oxygen atoms in total. The molecule has 0 bridgehead atoms. The summed E-state index contributed by atoms with van der Waals surface area (Å²) in [6.07, 6.45) is 0.345. The number of nitrogens with zero attached hydrogens (tertiary/aromatic N) is 1. The maximum absolute atomic E-state index is 12.0. The van der Waals surface area contributed by atoms with Crippen molar-refractivity contribution < 1.29 is 45.7 Å². The first-order valence-corrected chi connectivity index (χ1v) is 15.1. The zero-order chi connectivity index (χ0) is 24.6. The van der Waals surface area contributed by atoms with Crippen LogP contribution in [0, 0.1) is 0 Å². The average molecular weight is 525 g/mol. The van der Waals surface area contributed by atoms with Gasteiger partial charge >= 0.3 is 15.2 Å². The summed E-state index contributed by atoms with van der Waals surface area (Å²) in [5.74, 6) is 0. The number of hydrogen-bond donors (Lipinski definition) is 0. The summed E-state index contributed by atoms with van der Waals surface area (Å²) in [5.41, 5.74) is 0. The standard InChI is InChI=1S/C18H42NO10P3/c1-17(2)19(18(3)4)30(28-11-9-26-13-15-31(20,22-5)23-6)29-12-10-27-14-16-32(21,24-7)25-8/h17-18H,9-16H2,1-8H3. The molecule has 0 aliphatic rings. The Bertz CT molecular complexity index is 505. The van der Waals surface area contributed by atoms with Gasteiger partial charge in [0.1, 0.15) is 0 Å². The van der Waals surface area contributed by atoms with Crippen molar-refractivity contribution in [2.75, 3.05) is 80.4 Å². The molecule has 32 heavy (non-hydrogen) atoms. The lowest BCUT2D eigenvalue weighted by molar-refractivity contribution is 0.0764. The highest BCUT2D eigenvalue weighted by molar-refractivity contribution is 7.54. The molecule has 0 saturated carbocycles. The molecule has 0 aromatic carbocycles. The van der Waals surface area contributed by atoms with E-state index in [-0.39, 0.29) is 37.6 Å². The highest BCUT2D eigenvalue weighted by Crippen LogP contribution is 2.47. The van der Waals surface area contributed by atoms with E-state index in [1.807, 2.05) is 0 Å². The molecular weight excluding hydrogens is 483 g/mol. The van der Waals surface area contributed by atoms with Gasteiger partial charge in [0.2, 0.25) is 0 Å². The topological polar surface area (TPSA) is 111 Å². The maximum atomic E-state index is 12.0. The van der Waals surface area contributed by atoms with Crippen LogP contribution >= 0.6 is 23.7 Å². The monoisotopic (exact) mass is 525 g/mol. The van der Waals surface area contributed by atoms with Crippen LogP contribution in [0.25, 0.3) is 0 Å². The first-order chi connectivity index (χ1) is 15.1. The zero-order valence-electron chi connectivity index (χ0n) is 20.7. The largest absolute Gasteiger partial charge is 0.378 e. The molecule has 0 radical (unpaired) electrons. The molecule has 194 valence electrons. The summed E-state index contributed by atoms with van der Waals surface area (Å²) in [6, 6.07) is 0.429. The smallest absolute Gasteiger partial charge is 0.332 e. The van der Waals surface area contributed by atoms with E-state index in [4.69, 9.17) is 36.6 Å². The fraction of sp³-hybridized carbons (Fsp3) is 1.00. The van der Waals surface area contributed by atoms with Gasteiger partial charge in [-0.25, -0.2) is 4.67 Å². The van der Waals surface area contributed by atoms with Crippen molar-refractivity contribution >= 4 is 23.7 Å². The van der Waals surface area contributed by atoms with Crippen molar-refractivity contribution in [2.45, 2.75) is 39.8 Å². The van der Waals surface area contributed by atoms with Crippen LogP contribution in [0.5, 0.6) is 0 Å². The Labute approximate surface area is 194 Å². The van der Waals surface area contributed by atoms with Crippen LogP contribution in [0.2, 0.25) is 0 Å². The molecule has 0 fully saturated rings. The summed E-state index contributed by atoms with van der Waals surface area (Å²) in [5, 5.41) is 0. The van der Waals surface area contributed by atoms with E-state index in [9.17, 15) is 9.13 Å². The van der Waals surface area contributed by atoms with E-state index in [1.54, 1.807) is 0 Å². The maximum Gasteiger partial charge on any atom is 0.332 e. The van der Waals surface area contributed by atoms with Crippen molar-refractivity contribution in [3.63, 3.8) is 0 Å². The lowest BCUT2D eigenvalue weighted by Crippen LogP contribution is -2.34. The Morgan fingerprint density at radius 2 is 0.969 bits per heavy atom. The molecule has 0 spiro atoms. The molecule has 0 aromatic heterocycles. The molecule has 0 aliphatic carbocycles. The molecule has 0 amide bonds. The molecule has 0 aliphatic heterocycles. The minimum Gasteiger partial charge on any atom is -0.378 e. The molecule has 0 aromatic rings.